The predicted molar refractivity (Wildman–Crippen MR) is 277 cm³/mol. The number of quaternary nitrogens is 1. The molecule has 374 valence electrons. The van der Waals surface area contributed by atoms with Gasteiger partial charge in [-0.15, -0.1) is 0 Å². The van der Waals surface area contributed by atoms with E-state index in [2.05, 4.69) is 67.8 Å². The molecule has 0 aromatic carbocycles. The Morgan fingerprint density at radius 2 is 0.922 bits per heavy atom. The van der Waals surface area contributed by atoms with Gasteiger partial charge in [0.05, 0.1) is 39.9 Å². The van der Waals surface area contributed by atoms with Gasteiger partial charge in [0.2, 0.25) is 5.91 Å². The molecule has 8 nitrogen and oxygen atoms in total. The third-order valence-corrected chi connectivity index (χ3v) is 12.7. The molecule has 9 heteroatoms. The minimum atomic E-state index is -4.36. The van der Waals surface area contributed by atoms with Gasteiger partial charge in [-0.25, -0.2) is 4.57 Å². The van der Waals surface area contributed by atoms with Crippen LogP contribution >= 0.6 is 7.82 Å². The molecule has 0 spiro atoms. The van der Waals surface area contributed by atoms with E-state index in [1.165, 1.54) is 141 Å². The van der Waals surface area contributed by atoms with Crippen molar-refractivity contribution in [3.05, 3.63) is 60.8 Å². The number of rotatable bonds is 48. The van der Waals surface area contributed by atoms with Crippen LogP contribution in [0.3, 0.4) is 0 Å². The molecule has 0 bridgehead atoms. The van der Waals surface area contributed by atoms with Crippen molar-refractivity contribution < 1.29 is 32.9 Å². The maximum atomic E-state index is 12.9. The molecule has 0 aromatic heterocycles. The topological polar surface area (TPSA) is 105 Å². The van der Waals surface area contributed by atoms with Crippen molar-refractivity contribution in [1.82, 2.24) is 5.32 Å². The van der Waals surface area contributed by atoms with Crippen LogP contribution in [0.5, 0.6) is 0 Å². The van der Waals surface area contributed by atoms with E-state index < -0.39 is 20.0 Å². The highest BCUT2D eigenvalue weighted by Crippen LogP contribution is 2.43. The molecule has 0 saturated carbocycles. The highest BCUT2D eigenvalue weighted by Gasteiger charge is 2.27. The fraction of sp³-hybridized carbons (Fsp3) is 0.800. The van der Waals surface area contributed by atoms with E-state index in [-0.39, 0.29) is 19.1 Å². The van der Waals surface area contributed by atoms with Crippen molar-refractivity contribution in [2.45, 2.75) is 244 Å². The second kappa shape index (κ2) is 46.3. The Labute approximate surface area is 396 Å². The van der Waals surface area contributed by atoms with Crippen molar-refractivity contribution in [2.75, 3.05) is 40.9 Å². The lowest BCUT2D eigenvalue weighted by atomic mass is 10.0. The van der Waals surface area contributed by atoms with Gasteiger partial charge >= 0.3 is 7.82 Å². The fourth-order valence-corrected chi connectivity index (χ4v) is 8.18. The molecule has 0 radical (unpaired) electrons. The Morgan fingerprint density at radius 3 is 1.39 bits per heavy atom. The van der Waals surface area contributed by atoms with Gasteiger partial charge in [-0.3, -0.25) is 13.8 Å². The molecular formula is C55H104N2O6P+. The van der Waals surface area contributed by atoms with E-state index in [4.69, 9.17) is 9.05 Å². The zero-order valence-electron chi connectivity index (χ0n) is 42.5. The average Bonchev–Trinajstić information content (AvgIpc) is 3.25. The van der Waals surface area contributed by atoms with Gasteiger partial charge in [0, 0.05) is 6.42 Å². The van der Waals surface area contributed by atoms with E-state index in [1.807, 2.05) is 27.2 Å². The van der Waals surface area contributed by atoms with Gasteiger partial charge in [-0.05, 0) is 70.6 Å². The zero-order chi connectivity index (χ0) is 47.1. The fourth-order valence-electron chi connectivity index (χ4n) is 7.44. The molecule has 0 aliphatic heterocycles. The third-order valence-electron chi connectivity index (χ3n) is 11.7. The molecule has 0 heterocycles. The Bertz CT molecular complexity index is 1230. The second-order valence-corrected chi connectivity index (χ2v) is 20.7. The molecule has 0 aliphatic carbocycles. The van der Waals surface area contributed by atoms with E-state index in [0.717, 1.165) is 70.6 Å². The lowest BCUT2D eigenvalue weighted by Crippen LogP contribution is -2.45. The number of nitrogens with one attached hydrogen (secondary N) is 1. The summed E-state index contributed by atoms with van der Waals surface area (Å²) in [5.74, 6) is -0.206. The van der Waals surface area contributed by atoms with Crippen molar-refractivity contribution in [2.24, 2.45) is 0 Å². The third kappa shape index (κ3) is 48.1. The van der Waals surface area contributed by atoms with Crippen LogP contribution < -0.4 is 5.32 Å². The van der Waals surface area contributed by atoms with E-state index in [9.17, 15) is 19.4 Å². The maximum absolute atomic E-state index is 12.9. The largest absolute Gasteiger partial charge is 0.472 e. The number of amides is 1. The summed E-state index contributed by atoms with van der Waals surface area (Å²) in [7, 11) is 1.53. The molecule has 3 N–H and O–H groups in total. The minimum absolute atomic E-state index is 0.0486. The summed E-state index contributed by atoms with van der Waals surface area (Å²) in [6.45, 7) is 4.74. The summed E-state index contributed by atoms with van der Waals surface area (Å²) in [6, 6.07) is -0.879. The number of aliphatic hydroxyl groups excluding tert-OH is 1. The maximum Gasteiger partial charge on any atom is 0.472 e. The van der Waals surface area contributed by atoms with E-state index in [1.54, 1.807) is 6.08 Å². The first-order valence-corrected chi connectivity index (χ1v) is 28.2. The first-order chi connectivity index (χ1) is 31.0. The monoisotopic (exact) mass is 920 g/mol. The Morgan fingerprint density at radius 1 is 0.531 bits per heavy atom. The van der Waals surface area contributed by atoms with Crippen LogP contribution in [0.1, 0.15) is 232 Å². The Hall–Kier alpha value is -1.80. The number of allylic oxidation sites excluding steroid dienone is 9. The summed E-state index contributed by atoms with van der Waals surface area (Å²) in [6.07, 6.45) is 61.8. The van der Waals surface area contributed by atoms with Crippen LogP contribution in [0.2, 0.25) is 0 Å². The molecule has 1 amide bonds. The molecule has 0 fully saturated rings. The van der Waals surface area contributed by atoms with Crippen molar-refractivity contribution in [3.8, 4) is 0 Å². The minimum Gasteiger partial charge on any atom is -0.387 e. The smallest absolute Gasteiger partial charge is 0.387 e. The van der Waals surface area contributed by atoms with Crippen LogP contribution in [-0.2, 0) is 18.4 Å². The van der Waals surface area contributed by atoms with E-state index >= 15 is 0 Å². The van der Waals surface area contributed by atoms with Gasteiger partial charge < -0.3 is 19.8 Å². The molecule has 0 aliphatic rings. The average molecular weight is 920 g/mol. The van der Waals surface area contributed by atoms with Gasteiger partial charge in [-0.1, -0.05) is 216 Å². The van der Waals surface area contributed by atoms with Crippen LogP contribution in [0.25, 0.3) is 0 Å². The summed E-state index contributed by atoms with van der Waals surface area (Å²) in [4.78, 5) is 23.2. The molecule has 0 saturated heterocycles. The van der Waals surface area contributed by atoms with Crippen LogP contribution in [0.4, 0.5) is 0 Å². The molecule has 3 atom stereocenters. The lowest BCUT2D eigenvalue weighted by Gasteiger charge is -2.25. The highest BCUT2D eigenvalue weighted by molar-refractivity contribution is 7.47. The Balaban J connectivity index is 4.29. The van der Waals surface area contributed by atoms with Gasteiger partial charge in [-0.2, -0.15) is 0 Å². The summed E-state index contributed by atoms with van der Waals surface area (Å²) >= 11 is 0. The molecule has 0 aromatic rings. The number of unbranched alkanes of at least 4 members (excludes halogenated alkanes) is 27. The molecular weight excluding hydrogens is 816 g/mol. The van der Waals surface area contributed by atoms with Crippen LogP contribution in [0.15, 0.2) is 60.8 Å². The van der Waals surface area contributed by atoms with Gasteiger partial charge in [0.15, 0.2) is 0 Å². The normalized spacial score (nSPS) is 14.5. The quantitative estimate of drug-likeness (QED) is 0.0243. The summed E-state index contributed by atoms with van der Waals surface area (Å²) in [5.41, 5.74) is 0. The Kier molecular flexibility index (Phi) is 45.0. The van der Waals surface area contributed by atoms with Crippen molar-refractivity contribution in [3.63, 3.8) is 0 Å². The zero-order valence-corrected chi connectivity index (χ0v) is 43.4. The van der Waals surface area contributed by atoms with E-state index in [0.29, 0.717) is 17.4 Å². The standard InChI is InChI=1S/C55H103N2O6P/c1-6-8-10-12-14-16-18-20-22-23-24-25-26-27-28-29-30-31-32-33-34-35-36-38-40-42-44-46-48-54(58)53(52-63-64(60,61)62-51-50-57(3,4)5)56-55(59)49-47-45-43-41-39-37-21-19-17-15-13-11-9-7-2/h13,15,19,21,33-34,38,40,46,48,53-54,58H,6-12,14,16-18,20,22-32,35-37,39,41-45,47,49-52H2,1-5H3,(H-,56,59,60,61)/p+1/b15-13-,21-19-,34-33+,40-38+,48-46+. The summed E-state index contributed by atoms with van der Waals surface area (Å²) in [5, 5.41) is 13.8. The van der Waals surface area contributed by atoms with Crippen LogP contribution in [0, 0.1) is 0 Å². The highest BCUT2D eigenvalue weighted by atomic mass is 31.2. The van der Waals surface area contributed by atoms with Crippen molar-refractivity contribution in [1.29, 1.82) is 0 Å². The number of hydrogen-bond acceptors (Lipinski definition) is 5. The number of carbonyl (C=O) groups is 1. The lowest BCUT2D eigenvalue weighted by molar-refractivity contribution is -0.870. The molecule has 0 rings (SSSR count). The second-order valence-electron chi connectivity index (χ2n) is 19.2. The van der Waals surface area contributed by atoms with Gasteiger partial charge in [0.1, 0.15) is 13.2 Å². The number of carbonyl (C=O) groups excluding carboxylic acids is 1. The van der Waals surface area contributed by atoms with Gasteiger partial charge in [0.25, 0.3) is 0 Å². The SMILES string of the molecule is CCCC/C=C\C/C=C\CCCCCCCC(=O)NC(COP(=O)(O)OCC[N+](C)(C)C)C(O)/C=C/CC/C=C/CC/C=C/CCCCCCCCCCCCCCCCCCCC. The first kappa shape index (κ1) is 62.2. The number of phosphoric acid groups is 1. The first-order valence-electron chi connectivity index (χ1n) is 26.7. The predicted octanol–water partition coefficient (Wildman–Crippen LogP) is 15.8. The number of nitrogens with zero attached hydrogens (tertiary/aromatic N) is 1. The van der Waals surface area contributed by atoms with Crippen LogP contribution in [-0.4, -0.2) is 73.4 Å². The molecule has 3 unspecified atom stereocenters. The number of likely N-dealkylation sites (N-methyl/N-ethyl adjacent to an activating group) is 1. The summed E-state index contributed by atoms with van der Waals surface area (Å²) < 4.78 is 23.6. The number of aliphatic hydroxyl groups is 1. The molecule has 64 heavy (non-hydrogen) atoms. The number of hydrogen-bond donors (Lipinski definition) is 3. The number of phosphoric ester groups is 1. The van der Waals surface area contributed by atoms with Crippen molar-refractivity contribution >= 4 is 13.7 Å².